The molecule has 0 radical (unpaired) electrons. The van der Waals surface area contributed by atoms with Gasteiger partial charge >= 0.3 is 0 Å². The molecule has 1 aromatic carbocycles. The Hall–Kier alpha value is -2.21. The van der Waals surface area contributed by atoms with Gasteiger partial charge in [-0.25, -0.2) is 0 Å². The zero-order valence-corrected chi connectivity index (χ0v) is 11.9. The Morgan fingerprint density at radius 2 is 2.10 bits per heavy atom. The van der Waals surface area contributed by atoms with Gasteiger partial charge in [0.05, 0.1) is 10.4 Å². The van der Waals surface area contributed by atoms with Crippen molar-refractivity contribution in [1.29, 1.82) is 0 Å². The maximum absolute atomic E-state index is 10.9. The molecule has 0 bridgehead atoms. The third kappa shape index (κ3) is 2.42. The highest BCUT2D eigenvalue weighted by atomic mass is 79.9. The number of nitro benzene ring substituents is 1. The van der Waals surface area contributed by atoms with Gasteiger partial charge in [-0.2, -0.15) is 0 Å². The molecule has 3 rings (SSSR count). The summed E-state index contributed by atoms with van der Waals surface area (Å²) in [6.45, 7) is 0.622. The second-order valence-corrected chi connectivity index (χ2v) is 5.37. The van der Waals surface area contributed by atoms with Crippen molar-refractivity contribution in [2.75, 3.05) is 0 Å². The third-order valence-corrected chi connectivity index (χ3v) is 3.52. The van der Waals surface area contributed by atoms with Gasteiger partial charge in [0.25, 0.3) is 5.69 Å². The van der Waals surface area contributed by atoms with E-state index in [1.54, 1.807) is 24.5 Å². The average molecular weight is 332 g/mol. The first-order valence-corrected chi connectivity index (χ1v) is 6.75. The summed E-state index contributed by atoms with van der Waals surface area (Å²) in [4.78, 5) is 14.6. The van der Waals surface area contributed by atoms with Crippen LogP contribution in [0.25, 0.3) is 10.9 Å². The van der Waals surface area contributed by atoms with Crippen LogP contribution in [0.5, 0.6) is 0 Å². The highest BCUT2D eigenvalue weighted by Gasteiger charge is 2.09. The van der Waals surface area contributed by atoms with Gasteiger partial charge in [-0.1, -0.05) is 0 Å². The zero-order valence-electron chi connectivity index (χ0n) is 10.4. The van der Waals surface area contributed by atoms with Crippen molar-refractivity contribution in [3.05, 3.63) is 69.1 Å². The Morgan fingerprint density at radius 1 is 1.25 bits per heavy atom. The predicted octanol–water partition coefficient (Wildman–Crippen LogP) is 3.76. The minimum Gasteiger partial charge on any atom is -0.343 e. The first-order chi connectivity index (χ1) is 9.63. The number of non-ortho nitro benzene ring substituents is 1. The Bertz CT molecular complexity index is 798. The smallest absolute Gasteiger partial charge is 0.271 e. The van der Waals surface area contributed by atoms with Crippen LogP contribution in [-0.2, 0) is 6.54 Å². The van der Waals surface area contributed by atoms with Gasteiger partial charge in [0.2, 0.25) is 0 Å². The van der Waals surface area contributed by atoms with Gasteiger partial charge in [0, 0.05) is 47.1 Å². The minimum absolute atomic E-state index is 0.102. The summed E-state index contributed by atoms with van der Waals surface area (Å²) in [6.07, 6.45) is 5.44. The molecule has 20 heavy (non-hydrogen) atoms. The third-order valence-electron chi connectivity index (χ3n) is 3.08. The van der Waals surface area contributed by atoms with Crippen LogP contribution in [0.3, 0.4) is 0 Å². The lowest BCUT2D eigenvalue weighted by Gasteiger charge is -2.05. The lowest BCUT2D eigenvalue weighted by Crippen LogP contribution is -1.99. The molecule has 0 aliphatic rings. The summed E-state index contributed by atoms with van der Waals surface area (Å²) in [5.74, 6) is 0. The zero-order chi connectivity index (χ0) is 14.1. The normalized spacial score (nSPS) is 10.8. The highest BCUT2D eigenvalue weighted by molar-refractivity contribution is 9.10. The summed E-state index contributed by atoms with van der Waals surface area (Å²) in [6, 6.07) is 8.82. The van der Waals surface area contributed by atoms with E-state index in [9.17, 15) is 10.1 Å². The van der Waals surface area contributed by atoms with Crippen LogP contribution in [0.1, 0.15) is 5.56 Å². The van der Waals surface area contributed by atoms with Crippen LogP contribution in [0.2, 0.25) is 0 Å². The molecule has 3 aromatic rings. The van der Waals surface area contributed by atoms with E-state index in [2.05, 4.69) is 20.9 Å². The lowest BCUT2D eigenvalue weighted by molar-refractivity contribution is -0.384. The maximum Gasteiger partial charge on any atom is 0.271 e. The molecule has 0 fully saturated rings. The van der Waals surface area contributed by atoms with Gasteiger partial charge in [-0.15, -0.1) is 0 Å². The van der Waals surface area contributed by atoms with Gasteiger partial charge in [0.15, 0.2) is 0 Å². The lowest BCUT2D eigenvalue weighted by atomic mass is 10.2. The second-order valence-electron chi connectivity index (χ2n) is 4.46. The fourth-order valence-corrected chi connectivity index (χ4v) is 2.58. The molecule has 2 aromatic heterocycles. The molecule has 100 valence electrons. The van der Waals surface area contributed by atoms with Crippen molar-refractivity contribution >= 4 is 32.5 Å². The van der Waals surface area contributed by atoms with Crippen molar-refractivity contribution in [2.24, 2.45) is 0 Å². The standard InChI is InChI=1S/C14H10BrN3O2/c15-12-5-10(7-16-8-12)9-17-4-3-11-1-2-13(18(19)20)6-14(11)17/h1-8H,9H2. The summed E-state index contributed by atoms with van der Waals surface area (Å²) in [7, 11) is 0. The van der Waals surface area contributed by atoms with Crippen molar-refractivity contribution in [2.45, 2.75) is 6.54 Å². The van der Waals surface area contributed by atoms with Gasteiger partial charge < -0.3 is 4.57 Å². The number of pyridine rings is 1. The number of fused-ring (bicyclic) bond motifs is 1. The van der Waals surface area contributed by atoms with E-state index < -0.39 is 0 Å². The number of hydrogen-bond acceptors (Lipinski definition) is 3. The molecule has 0 unspecified atom stereocenters. The van der Waals surface area contributed by atoms with Crippen molar-refractivity contribution in [3.8, 4) is 0 Å². The van der Waals surface area contributed by atoms with Crippen molar-refractivity contribution < 1.29 is 4.92 Å². The van der Waals surface area contributed by atoms with E-state index in [0.717, 1.165) is 20.9 Å². The topological polar surface area (TPSA) is 61.0 Å². The number of rotatable bonds is 3. The van der Waals surface area contributed by atoms with E-state index in [1.165, 1.54) is 6.07 Å². The number of benzene rings is 1. The van der Waals surface area contributed by atoms with Crippen LogP contribution in [0.4, 0.5) is 5.69 Å². The first-order valence-electron chi connectivity index (χ1n) is 5.96. The number of nitrogens with zero attached hydrogens (tertiary/aromatic N) is 3. The number of halogens is 1. The second kappa shape index (κ2) is 5.05. The summed E-state index contributed by atoms with van der Waals surface area (Å²) in [5, 5.41) is 11.8. The molecule has 0 aliphatic carbocycles. The number of aromatic nitrogens is 2. The molecular formula is C14H10BrN3O2. The number of nitro groups is 1. The van der Waals surface area contributed by atoms with Crippen LogP contribution >= 0.6 is 15.9 Å². The van der Waals surface area contributed by atoms with E-state index in [-0.39, 0.29) is 10.6 Å². The first kappa shape index (κ1) is 12.8. The minimum atomic E-state index is -0.378. The SMILES string of the molecule is O=[N+]([O-])c1ccc2ccn(Cc3cncc(Br)c3)c2c1. The molecule has 0 N–H and O–H groups in total. The van der Waals surface area contributed by atoms with Crippen LogP contribution in [0, 0.1) is 10.1 Å². The molecule has 0 saturated carbocycles. The summed E-state index contributed by atoms with van der Waals surface area (Å²) < 4.78 is 2.89. The quantitative estimate of drug-likeness (QED) is 0.542. The largest absolute Gasteiger partial charge is 0.343 e. The highest BCUT2D eigenvalue weighted by Crippen LogP contribution is 2.23. The Labute approximate surface area is 123 Å². The van der Waals surface area contributed by atoms with Crippen LogP contribution in [0.15, 0.2) is 53.4 Å². The van der Waals surface area contributed by atoms with Crippen LogP contribution < -0.4 is 0 Å². The predicted molar refractivity (Wildman–Crippen MR) is 79.6 cm³/mol. The van der Waals surface area contributed by atoms with E-state index in [1.807, 2.05) is 22.9 Å². The molecule has 0 aliphatic heterocycles. The molecular weight excluding hydrogens is 322 g/mol. The van der Waals surface area contributed by atoms with E-state index in [0.29, 0.717) is 6.54 Å². The molecule has 0 amide bonds. The van der Waals surface area contributed by atoms with E-state index in [4.69, 9.17) is 0 Å². The molecule has 2 heterocycles. The monoisotopic (exact) mass is 331 g/mol. The fourth-order valence-electron chi connectivity index (χ4n) is 2.16. The fraction of sp³-hybridized carbons (Fsp3) is 0.0714. The molecule has 0 atom stereocenters. The summed E-state index contributed by atoms with van der Waals surface area (Å²) >= 11 is 3.39. The van der Waals surface area contributed by atoms with Crippen molar-refractivity contribution in [3.63, 3.8) is 0 Å². The van der Waals surface area contributed by atoms with Gasteiger partial charge in [-0.3, -0.25) is 15.1 Å². The molecule has 5 nitrogen and oxygen atoms in total. The molecule has 0 saturated heterocycles. The number of hydrogen-bond donors (Lipinski definition) is 0. The van der Waals surface area contributed by atoms with Crippen molar-refractivity contribution in [1.82, 2.24) is 9.55 Å². The van der Waals surface area contributed by atoms with Crippen LogP contribution in [-0.4, -0.2) is 14.5 Å². The van der Waals surface area contributed by atoms with Gasteiger partial charge in [0.1, 0.15) is 0 Å². The Morgan fingerprint density at radius 3 is 2.85 bits per heavy atom. The molecule has 6 heteroatoms. The Balaban J connectivity index is 2.03. The van der Waals surface area contributed by atoms with E-state index >= 15 is 0 Å². The Kier molecular flexibility index (Phi) is 3.23. The van der Waals surface area contributed by atoms with Gasteiger partial charge in [-0.05, 0) is 39.7 Å². The summed E-state index contributed by atoms with van der Waals surface area (Å²) in [5.41, 5.74) is 1.98. The average Bonchev–Trinajstić information content (AvgIpc) is 2.81. The maximum atomic E-state index is 10.9. The molecule has 0 spiro atoms.